The fourth-order valence-electron chi connectivity index (χ4n) is 0. The maximum absolute atomic E-state index is 9.81. The standard InChI is InChI=1S/C4H8O.C3H7NO.C3H6O2.C3H8.C2H6O.C2H6S.2CH4/c1-3-4(2)5;1-3(5)4-2;1-3(4)5-2;3*1-3-2;;/h3H2,1-2H3;1-2H3,(H,4,5);1-2H3;3H2,1-2H3;2*1-2H3;2*1H4. The van der Waals surface area contributed by atoms with Gasteiger partial charge in [-0.25, -0.2) is 0 Å². The van der Waals surface area contributed by atoms with Gasteiger partial charge in [-0.05, 0) is 19.4 Å². The number of ether oxygens (including phenoxy) is 2. The van der Waals surface area contributed by atoms with Crippen LogP contribution in [0.15, 0.2) is 0 Å². The lowest BCUT2D eigenvalue weighted by atomic mass is 10.4. The molecule has 1 amide bonds. The molecule has 0 aliphatic carbocycles. The zero-order valence-electron chi connectivity index (χ0n) is 17.9. The van der Waals surface area contributed by atoms with Gasteiger partial charge in [0, 0.05) is 41.5 Å². The number of ketones is 1. The van der Waals surface area contributed by atoms with Gasteiger partial charge in [-0.2, -0.15) is 11.8 Å². The highest BCUT2D eigenvalue weighted by atomic mass is 32.2. The summed E-state index contributed by atoms with van der Waals surface area (Å²) in [7, 11) is 6.20. The van der Waals surface area contributed by atoms with E-state index >= 15 is 0 Å². The Kier molecular flexibility index (Phi) is 124. The molecule has 0 aromatic rings. The quantitative estimate of drug-likeness (QED) is 0.630. The van der Waals surface area contributed by atoms with E-state index in [1.54, 1.807) is 40.0 Å². The van der Waals surface area contributed by atoms with Crippen molar-refractivity contribution in [3.63, 3.8) is 0 Å². The first-order chi connectivity index (χ1) is 11.1. The molecule has 0 rings (SSSR count). The van der Waals surface area contributed by atoms with Gasteiger partial charge >= 0.3 is 5.97 Å². The molecule has 6 nitrogen and oxygen atoms in total. The van der Waals surface area contributed by atoms with Crippen LogP contribution in [0.3, 0.4) is 0 Å². The Morgan fingerprint density at radius 2 is 1.00 bits per heavy atom. The number of carbonyl (C=O) groups excluding carboxylic acids is 3. The molecule has 0 aliphatic heterocycles. The van der Waals surface area contributed by atoms with Crippen molar-refractivity contribution in [1.82, 2.24) is 5.32 Å². The fourth-order valence-corrected chi connectivity index (χ4v) is 0. The zero-order valence-corrected chi connectivity index (χ0v) is 18.7. The summed E-state index contributed by atoms with van der Waals surface area (Å²) in [6.45, 7) is 10.5. The van der Waals surface area contributed by atoms with Crippen LogP contribution in [-0.2, 0) is 23.9 Å². The molecule has 0 bridgehead atoms. The van der Waals surface area contributed by atoms with E-state index in [2.05, 4.69) is 28.6 Å². The zero-order chi connectivity index (χ0) is 21.0. The lowest BCUT2D eigenvalue weighted by Crippen LogP contribution is -2.11. The summed E-state index contributed by atoms with van der Waals surface area (Å²) in [5.41, 5.74) is 0. The Labute approximate surface area is 169 Å². The number of hydrogen-bond donors (Lipinski definition) is 1. The first-order valence-corrected chi connectivity index (χ1v) is 9.22. The third-order valence-electron chi connectivity index (χ3n) is 1.14. The number of nitrogens with one attached hydrogen (secondary N) is 1. The average Bonchev–Trinajstić information content (AvgIpc) is 2.50. The summed E-state index contributed by atoms with van der Waals surface area (Å²) in [4.78, 5) is 29.1. The molecule has 26 heavy (non-hydrogen) atoms. The summed E-state index contributed by atoms with van der Waals surface area (Å²) < 4.78 is 8.36. The van der Waals surface area contributed by atoms with Gasteiger partial charge in [0.25, 0.3) is 0 Å². The maximum atomic E-state index is 9.81. The second kappa shape index (κ2) is 64.9. The third kappa shape index (κ3) is 455. The first kappa shape index (κ1) is 49.8. The predicted octanol–water partition coefficient (Wildman–Crippen LogP) is 4.85. The number of esters is 1. The summed E-state index contributed by atoms with van der Waals surface area (Å²) in [6.07, 6.45) is 6.00. The Bertz CT molecular complexity index is 200. The van der Waals surface area contributed by atoms with E-state index in [0.717, 1.165) is 0 Å². The Morgan fingerprint density at radius 1 is 0.885 bits per heavy atom. The monoisotopic (exact) mass is 403 g/mol. The fraction of sp³-hybridized carbons (Fsp3) is 0.842. The van der Waals surface area contributed by atoms with E-state index < -0.39 is 0 Å². The van der Waals surface area contributed by atoms with Crippen LogP contribution < -0.4 is 5.32 Å². The molecule has 0 heterocycles. The van der Waals surface area contributed by atoms with Crippen LogP contribution in [0.2, 0.25) is 0 Å². The van der Waals surface area contributed by atoms with E-state index in [9.17, 15) is 14.4 Å². The molecule has 1 N–H and O–H groups in total. The van der Waals surface area contributed by atoms with Crippen LogP contribution >= 0.6 is 11.8 Å². The molecule has 0 fully saturated rings. The summed E-state index contributed by atoms with van der Waals surface area (Å²) >= 11 is 1.75. The van der Waals surface area contributed by atoms with Crippen molar-refractivity contribution >= 4 is 29.4 Å². The molecule has 7 heteroatoms. The molecule has 0 aromatic heterocycles. The molecule has 0 saturated heterocycles. The second-order valence-electron chi connectivity index (χ2n) is 4.08. The lowest BCUT2D eigenvalue weighted by molar-refractivity contribution is -0.138. The van der Waals surface area contributed by atoms with Crippen LogP contribution in [0, 0.1) is 0 Å². The Hall–Kier alpha value is -1.08. The smallest absolute Gasteiger partial charge is 0.302 e. The maximum Gasteiger partial charge on any atom is 0.302 e. The number of carbonyl (C=O) groups is 3. The molecular formula is C19H49NO5S. The predicted molar refractivity (Wildman–Crippen MR) is 120 cm³/mol. The summed E-state index contributed by atoms with van der Waals surface area (Å²) in [6, 6.07) is 0. The van der Waals surface area contributed by atoms with Crippen molar-refractivity contribution in [3.8, 4) is 0 Å². The van der Waals surface area contributed by atoms with Crippen molar-refractivity contribution in [2.45, 2.75) is 69.2 Å². The van der Waals surface area contributed by atoms with Gasteiger partial charge in [0.15, 0.2) is 0 Å². The highest BCUT2D eigenvalue weighted by Crippen LogP contribution is 1.71. The molecule has 0 spiro atoms. The van der Waals surface area contributed by atoms with Crippen molar-refractivity contribution in [2.75, 3.05) is 40.9 Å². The molecule has 0 aliphatic rings. The molecule has 0 aromatic carbocycles. The van der Waals surface area contributed by atoms with E-state index in [-0.39, 0.29) is 32.5 Å². The van der Waals surface area contributed by atoms with Crippen LogP contribution in [0.4, 0.5) is 0 Å². The summed E-state index contributed by atoms with van der Waals surface area (Å²) in [5, 5.41) is 2.39. The molecular weight excluding hydrogens is 354 g/mol. The van der Waals surface area contributed by atoms with Crippen molar-refractivity contribution in [1.29, 1.82) is 0 Å². The topological polar surface area (TPSA) is 81.7 Å². The summed E-state index contributed by atoms with van der Waals surface area (Å²) in [5.74, 6) is 0.0139. The Balaban J connectivity index is -0.0000000250. The molecule has 166 valence electrons. The average molecular weight is 404 g/mol. The third-order valence-corrected chi connectivity index (χ3v) is 1.14. The van der Waals surface area contributed by atoms with Gasteiger partial charge in [-0.3, -0.25) is 9.59 Å². The number of rotatable bonds is 1. The molecule has 0 saturated carbocycles. The van der Waals surface area contributed by atoms with Crippen LogP contribution in [0.25, 0.3) is 0 Å². The number of hydrogen-bond acceptors (Lipinski definition) is 6. The van der Waals surface area contributed by atoms with Gasteiger partial charge in [-0.1, -0.05) is 42.0 Å². The minimum absolute atomic E-state index is 0. The highest BCUT2D eigenvalue weighted by Gasteiger charge is 1.77. The van der Waals surface area contributed by atoms with Crippen LogP contribution in [0.1, 0.15) is 69.2 Å². The largest absolute Gasteiger partial charge is 0.469 e. The van der Waals surface area contributed by atoms with Crippen LogP contribution in [-0.4, -0.2) is 58.5 Å². The van der Waals surface area contributed by atoms with Gasteiger partial charge in [0.05, 0.1) is 7.11 Å². The van der Waals surface area contributed by atoms with Crippen molar-refractivity contribution < 1.29 is 23.9 Å². The number of Topliss-reactive ketones (excluding diaryl/α,β-unsaturated/α-hetero) is 1. The van der Waals surface area contributed by atoms with E-state index in [1.165, 1.54) is 27.4 Å². The lowest BCUT2D eigenvalue weighted by Gasteiger charge is -1.80. The number of thioether (sulfide) groups is 1. The van der Waals surface area contributed by atoms with Crippen molar-refractivity contribution in [2.24, 2.45) is 0 Å². The minimum Gasteiger partial charge on any atom is -0.469 e. The SMILES string of the molecule is C.C.CCC.CCC(C)=O.CNC(C)=O.COC.COC(C)=O.CSC. The van der Waals surface area contributed by atoms with E-state index in [4.69, 9.17) is 0 Å². The van der Waals surface area contributed by atoms with Gasteiger partial charge in [-0.15, -0.1) is 0 Å². The Morgan fingerprint density at radius 3 is 1.00 bits per heavy atom. The van der Waals surface area contributed by atoms with Crippen molar-refractivity contribution in [3.05, 3.63) is 0 Å². The molecule has 0 atom stereocenters. The molecule has 0 unspecified atom stereocenters. The van der Waals surface area contributed by atoms with Gasteiger partial charge in [0.2, 0.25) is 5.91 Å². The van der Waals surface area contributed by atoms with Crippen LogP contribution in [0.5, 0.6) is 0 Å². The molecule has 0 radical (unpaired) electrons. The first-order valence-electron chi connectivity index (χ1n) is 7.58. The normalized spacial score (nSPS) is 6.15. The van der Waals surface area contributed by atoms with E-state index in [0.29, 0.717) is 6.42 Å². The van der Waals surface area contributed by atoms with Gasteiger partial charge < -0.3 is 19.6 Å². The second-order valence-corrected chi connectivity index (χ2v) is 4.90. The van der Waals surface area contributed by atoms with Gasteiger partial charge in [0.1, 0.15) is 5.78 Å². The number of amides is 1. The minimum atomic E-state index is -0.245. The van der Waals surface area contributed by atoms with E-state index in [1.807, 2.05) is 19.4 Å². The number of methoxy groups -OCH3 is 2. The highest BCUT2D eigenvalue weighted by molar-refractivity contribution is 7.97.